The lowest BCUT2D eigenvalue weighted by Crippen LogP contribution is -2.00. The molecule has 0 spiro atoms. The zero-order valence-electron chi connectivity index (χ0n) is 9.84. The quantitative estimate of drug-likeness (QED) is 0.739. The highest BCUT2D eigenvalue weighted by molar-refractivity contribution is 5.99. The molecule has 0 unspecified atom stereocenters. The molecule has 0 N–H and O–H groups in total. The molecule has 0 saturated carbocycles. The van der Waals surface area contributed by atoms with Gasteiger partial charge in [-0.25, -0.2) is 4.99 Å². The second-order valence-corrected chi connectivity index (χ2v) is 3.82. The van der Waals surface area contributed by atoms with Gasteiger partial charge in [0, 0.05) is 18.1 Å². The van der Waals surface area contributed by atoms with Crippen molar-refractivity contribution in [3.8, 4) is 5.69 Å². The Morgan fingerprint density at radius 3 is 2.82 bits per heavy atom. The summed E-state index contributed by atoms with van der Waals surface area (Å²) in [4.78, 5) is 19.2. The van der Waals surface area contributed by atoms with Crippen LogP contribution in [-0.4, -0.2) is 22.2 Å². The standard InChI is InChI=1S/C13H13N3O/c1-9-8-16(11-5-4-6-15-7-11)10(2)12(9)13(17)14-3/h4-8H,3H2,1-2H3. The third-order valence-electron chi connectivity index (χ3n) is 2.72. The van der Waals surface area contributed by atoms with Gasteiger partial charge in [-0.2, -0.15) is 0 Å². The molecule has 2 rings (SSSR count). The van der Waals surface area contributed by atoms with E-state index in [0.717, 1.165) is 16.9 Å². The Morgan fingerprint density at radius 2 is 2.24 bits per heavy atom. The summed E-state index contributed by atoms with van der Waals surface area (Å²) in [5.41, 5.74) is 3.29. The Morgan fingerprint density at radius 1 is 1.47 bits per heavy atom. The van der Waals surface area contributed by atoms with E-state index >= 15 is 0 Å². The maximum absolute atomic E-state index is 11.6. The van der Waals surface area contributed by atoms with Crippen molar-refractivity contribution in [1.82, 2.24) is 9.55 Å². The van der Waals surface area contributed by atoms with Gasteiger partial charge in [0.15, 0.2) is 0 Å². The number of nitrogens with zero attached hydrogens (tertiary/aromatic N) is 3. The molecular weight excluding hydrogens is 214 g/mol. The first-order valence-electron chi connectivity index (χ1n) is 5.25. The molecule has 86 valence electrons. The maximum Gasteiger partial charge on any atom is 0.278 e. The lowest BCUT2D eigenvalue weighted by Gasteiger charge is -2.05. The molecule has 0 radical (unpaired) electrons. The second-order valence-electron chi connectivity index (χ2n) is 3.82. The normalized spacial score (nSPS) is 10.2. The average Bonchev–Trinajstić information content (AvgIpc) is 2.65. The van der Waals surface area contributed by atoms with Gasteiger partial charge in [-0.05, 0) is 38.3 Å². The summed E-state index contributed by atoms with van der Waals surface area (Å²) in [5, 5.41) is 0. The Balaban J connectivity index is 2.59. The van der Waals surface area contributed by atoms with E-state index in [4.69, 9.17) is 0 Å². The van der Waals surface area contributed by atoms with Crippen molar-refractivity contribution in [3.05, 3.63) is 47.5 Å². The number of aryl methyl sites for hydroxylation is 1. The van der Waals surface area contributed by atoms with Crippen LogP contribution in [0.25, 0.3) is 5.69 Å². The first kappa shape index (κ1) is 11.3. The topological polar surface area (TPSA) is 47.2 Å². The lowest BCUT2D eigenvalue weighted by atomic mass is 10.1. The molecule has 0 fully saturated rings. The fourth-order valence-corrected chi connectivity index (χ4v) is 1.93. The summed E-state index contributed by atoms with van der Waals surface area (Å²) < 4.78 is 1.93. The van der Waals surface area contributed by atoms with Gasteiger partial charge in [0.1, 0.15) is 0 Å². The summed E-state index contributed by atoms with van der Waals surface area (Å²) in [6, 6.07) is 3.80. The minimum absolute atomic E-state index is 0.289. The van der Waals surface area contributed by atoms with Gasteiger partial charge >= 0.3 is 0 Å². The molecule has 0 saturated heterocycles. The molecule has 2 heterocycles. The van der Waals surface area contributed by atoms with E-state index in [1.807, 2.05) is 36.7 Å². The van der Waals surface area contributed by atoms with Crippen LogP contribution in [-0.2, 0) is 0 Å². The SMILES string of the molecule is C=NC(=O)c1c(C)cn(-c2cccnc2)c1C. The van der Waals surface area contributed by atoms with E-state index in [1.165, 1.54) is 0 Å². The number of hydrogen-bond donors (Lipinski definition) is 0. The van der Waals surface area contributed by atoms with E-state index in [0.29, 0.717) is 5.56 Å². The molecule has 17 heavy (non-hydrogen) atoms. The van der Waals surface area contributed by atoms with Crippen molar-refractivity contribution >= 4 is 12.6 Å². The fraction of sp³-hybridized carbons (Fsp3) is 0.154. The highest BCUT2D eigenvalue weighted by Crippen LogP contribution is 2.20. The third kappa shape index (κ3) is 1.89. The number of carbonyl (C=O) groups is 1. The summed E-state index contributed by atoms with van der Waals surface area (Å²) in [7, 11) is 0. The lowest BCUT2D eigenvalue weighted by molar-refractivity contribution is 0.100. The maximum atomic E-state index is 11.6. The minimum atomic E-state index is -0.289. The smallest absolute Gasteiger partial charge is 0.278 e. The number of aliphatic imine (C=N–C) groups is 1. The molecule has 2 aromatic heterocycles. The molecule has 0 aliphatic rings. The summed E-state index contributed by atoms with van der Waals surface area (Å²) >= 11 is 0. The van der Waals surface area contributed by atoms with Crippen molar-refractivity contribution in [3.63, 3.8) is 0 Å². The first-order valence-corrected chi connectivity index (χ1v) is 5.25. The van der Waals surface area contributed by atoms with E-state index in [9.17, 15) is 4.79 Å². The van der Waals surface area contributed by atoms with E-state index in [2.05, 4.69) is 16.7 Å². The molecule has 2 aromatic rings. The van der Waals surface area contributed by atoms with Crippen LogP contribution < -0.4 is 0 Å². The molecule has 1 amide bonds. The summed E-state index contributed by atoms with van der Waals surface area (Å²) in [6.07, 6.45) is 5.37. The number of aromatic nitrogens is 2. The fourth-order valence-electron chi connectivity index (χ4n) is 1.93. The predicted octanol–water partition coefficient (Wildman–Crippen LogP) is 2.33. The number of amides is 1. The van der Waals surface area contributed by atoms with Crippen LogP contribution in [0.1, 0.15) is 21.6 Å². The molecule has 0 aliphatic heterocycles. The average molecular weight is 227 g/mol. The Bertz CT molecular complexity index is 570. The predicted molar refractivity (Wildman–Crippen MR) is 66.9 cm³/mol. The van der Waals surface area contributed by atoms with Gasteiger partial charge in [-0.15, -0.1) is 0 Å². The van der Waals surface area contributed by atoms with E-state index in [-0.39, 0.29) is 5.91 Å². The van der Waals surface area contributed by atoms with Gasteiger partial charge in [0.2, 0.25) is 0 Å². The number of pyridine rings is 1. The van der Waals surface area contributed by atoms with Crippen molar-refractivity contribution in [2.45, 2.75) is 13.8 Å². The molecular formula is C13H13N3O. The summed E-state index contributed by atoms with van der Waals surface area (Å²) in [6.45, 7) is 7.05. The van der Waals surface area contributed by atoms with Gasteiger partial charge in [-0.1, -0.05) is 0 Å². The number of rotatable bonds is 2. The Hall–Kier alpha value is -2.23. The Kier molecular flexibility index (Phi) is 2.87. The van der Waals surface area contributed by atoms with Crippen LogP contribution in [0.4, 0.5) is 0 Å². The highest BCUT2D eigenvalue weighted by Gasteiger charge is 2.16. The van der Waals surface area contributed by atoms with Crippen LogP contribution in [0, 0.1) is 13.8 Å². The van der Waals surface area contributed by atoms with Crippen LogP contribution in [0.2, 0.25) is 0 Å². The number of carbonyl (C=O) groups excluding carboxylic acids is 1. The molecule has 0 bridgehead atoms. The summed E-state index contributed by atoms with van der Waals surface area (Å²) in [5.74, 6) is -0.289. The van der Waals surface area contributed by atoms with Crippen LogP contribution in [0.15, 0.2) is 35.7 Å². The monoisotopic (exact) mass is 227 g/mol. The zero-order valence-corrected chi connectivity index (χ0v) is 9.84. The van der Waals surface area contributed by atoms with Gasteiger partial charge in [-0.3, -0.25) is 9.78 Å². The first-order chi connectivity index (χ1) is 8.15. The molecule has 4 heteroatoms. The van der Waals surface area contributed by atoms with Crippen molar-refractivity contribution < 1.29 is 4.79 Å². The van der Waals surface area contributed by atoms with Gasteiger partial charge in [0.25, 0.3) is 5.91 Å². The number of hydrogen-bond acceptors (Lipinski definition) is 2. The molecule has 4 nitrogen and oxygen atoms in total. The van der Waals surface area contributed by atoms with Crippen molar-refractivity contribution in [2.75, 3.05) is 0 Å². The molecule has 0 aromatic carbocycles. The molecule has 0 aliphatic carbocycles. The van der Waals surface area contributed by atoms with Crippen LogP contribution in [0.5, 0.6) is 0 Å². The largest absolute Gasteiger partial charge is 0.319 e. The van der Waals surface area contributed by atoms with E-state index < -0.39 is 0 Å². The third-order valence-corrected chi connectivity index (χ3v) is 2.72. The van der Waals surface area contributed by atoms with Crippen molar-refractivity contribution in [1.29, 1.82) is 0 Å². The zero-order chi connectivity index (χ0) is 12.4. The van der Waals surface area contributed by atoms with Gasteiger partial charge < -0.3 is 4.57 Å². The van der Waals surface area contributed by atoms with Crippen molar-refractivity contribution in [2.24, 2.45) is 4.99 Å². The van der Waals surface area contributed by atoms with Crippen LogP contribution >= 0.6 is 0 Å². The second kappa shape index (κ2) is 4.33. The van der Waals surface area contributed by atoms with Gasteiger partial charge in [0.05, 0.1) is 17.4 Å². The van der Waals surface area contributed by atoms with E-state index in [1.54, 1.807) is 12.4 Å². The highest BCUT2D eigenvalue weighted by atomic mass is 16.1. The molecule has 0 atom stereocenters. The minimum Gasteiger partial charge on any atom is -0.319 e. The Labute approximate surface area is 99.6 Å². The van der Waals surface area contributed by atoms with Crippen LogP contribution in [0.3, 0.4) is 0 Å².